The number of benzene rings is 3. The average Bonchev–Trinajstić information content (AvgIpc) is 3.23. The summed E-state index contributed by atoms with van der Waals surface area (Å²) in [5.74, 6) is 0.260. The van der Waals surface area contributed by atoms with Crippen LogP contribution in [0.15, 0.2) is 77.3 Å². The van der Waals surface area contributed by atoms with E-state index in [0.717, 1.165) is 21.9 Å². The molecule has 0 saturated carbocycles. The number of amides is 1. The predicted molar refractivity (Wildman–Crippen MR) is 130 cm³/mol. The number of amidine groups is 1. The number of carbonyl (C=O) groups is 2. The summed E-state index contributed by atoms with van der Waals surface area (Å²) in [7, 11) is 1.60. The standard InChI is InChI=1S/C26H22N2O4S/c1-3-32-25(30)22-23(17-10-5-4-6-11-17)27-26-28(20(29)15-33-26)24(22)21-18-12-8-7-9-16(18)13-14-19(21)31-2/h4-14,24H,3,15H2,1-2H3/t24-/m0/s1. The zero-order valence-corrected chi connectivity index (χ0v) is 19.1. The highest BCUT2D eigenvalue weighted by molar-refractivity contribution is 8.15. The molecule has 2 aliphatic heterocycles. The average molecular weight is 459 g/mol. The Morgan fingerprint density at radius 1 is 1.09 bits per heavy atom. The Labute approximate surface area is 195 Å². The molecule has 1 fully saturated rings. The first-order valence-corrected chi connectivity index (χ1v) is 11.7. The smallest absolute Gasteiger partial charge is 0.338 e. The lowest BCUT2D eigenvalue weighted by Gasteiger charge is -2.34. The summed E-state index contributed by atoms with van der Waals surface area (Å²) >= 11 is 1.38. The molecule has 0 aromatic heterocycles. The second kappa shape index (κ2) is 8.75. The number of nitrogens with zero attached hydrogens (tertiary/aromatic N) is 2. The fraction of sp³-hybridized carbons (Fsp3) is 0.192. The van der Waals surface area contributed by atoms with E-state index in [1.807, 2.05) is 66.7 Å². The van der Waals surface area contributed by atoms with Crippen LogP contribution in [0.5, 0.6) is 5.75 Å². The van der Waals surface area contributed by atoms with Crippen LogP contribution in [0.25, 0.3) is 16.5 Å². The highest BCUT2D eigenvalue weighted by Crippen LogP contribution is 2.48. The van der Waals surface area contributed by atoms with Gasteiger partial charge in [-0.15, -0.1) is 0 Å². The maximum Gasteiger partial charge on any atom is 0.338 e. The lowest BCUT2D eigenvalue weighted by molar-refractivity contribution is -0.139. The fourth-order valence-corrected chi connectivity index (χ4v) is 5.26. The van der Waals surface area contributed by atoms with Crippen molar-refractivity contribution in [1.29, 1.82) is 0 Å². The van der Waals surface area contributed by atoms with Gasteiger partial charge in [0.05, 0.1) is 30.7 Å². The van der Waals surface area contributed by atoms with Gasteiger partial charge in [0.15, 0.2) is 5.17 Å². The normalized spacial score (nSPS) is 17.8. The zero-order valence-electron chi connectivity index (χ0n) is 18.3. The monoisotopic (exact) mass is 458 g/mol. The summed E-state index contributed by atoms with van der Waals surface area (Å²) in [6.45, 7) is 1.98. The van der Waals surface area contributed by atoms with Crippen molar-refractivity contribution in [2.24, 2.45) is 4.99 Å². The molecule has 33 heavy (non-hydrogen) atoms. The minimum atomic E-state index is -0.727. The summed E-state index contributed by atoms with van der Waals surface area (Å²) in [5.41, 5.74) is 2.38. The van der Waals surface area contributed by atoms with E-state index in [-0.39, 0.29) is 18.3 Å². The SMILES string of the molecule is CCOC(=O)C1=C(c2ccccc2)N=C2SCC(=O)N2[C@H]1c1c(OC)ccc2ccccc12. The Balaban J connectivity index is 1.87. The van der Waals surface area contributed by atoms with E-state index < -0.39 is 12.0 Å². The number of methoxy groups -OCH3 is 1. The van der Waals surface area contributed by atoms with Crippen molar-refractivity contribution in [3.63, 3.8) is 0 Å². The molecule has 2 heterocycles. The summed E-state index contributed by atoms with van der Waals surface area (Å²) in [6, 6.07) is 20.5. The van der Waals surface area contributed by atoms with E-state index in [4.69, 9.17) is 14.5 Å². The Morgan fingerprint density at radius 2 is 1.85 bits per heavy atom. The molecule has 0 spiro atoms. The first-order chi connectivity index (χ1) is 16.1. The van der Waals surface area contributed by atoms with Crippen LogP contribution >= 0.6 is 11.8 Å². The lowest BCUT2D eigenvalue weighted by Crippen LogP contribution is -2.40. The Morgan fingerprint density at radius 3 is 2.61 bits per heavy atom. The van der Waals surface area contributed by atoms with E-state index in [2.05, 4.69) is 0 Å². The van der Waals surface area contributed by atoms with E-state index in [0.29, 0.717) is 22.2 Å². The second-order valence-electron chi connectivity index (χ2n) is 7.60. The number of rotatable bonds is 5. The van der Waals surface area contributed by atoms with Crippen molar-refractivity contribution in [1.82, 2.24) is 4.90 Å². The number of esters is 1. The molecule has 7 heteroatoms. The van der Waals surface area contributed by atoms with Crippen LogP contribution in [0.2, 0.25) is 0 Å². The van der Waals surface area contributed by atoms with Gasteiger partial charge in [-0.2, -0.15) is 0 Å². The third kappa shape index (κ3) is 3.58. The molecule has 0 bridgehead atoms. The summed E-state index contributed by atoms with van der Waals surface area (Å²) in [5, 5.41) is 2.47. The van der Waals surface area contributed by atoms with Crippen LogP contribution in [-0.2, 0) is 14.3 Å². The molecule has 3 aromatic rings. The van der Waals surface area contributed by atoms with Crippen molar-refractivity contribution in [2.45, 2.75) is 13.0 Å². The molecule has 6 nitrogen and oxygen atoms in total. The van der Waals surface area contributed by atoms with E-state index >= 15 is 0 Å². The highest BCUT2D eigenvalue weighted by Gasteiger charge is 2.46. The summed E-state index contributed by atoms with van der Waals surface area (Å²) < 4.78 is 11.3. The molecule has 5 rings (SSSR count). The van der Waals surface area contributed by atoms with Gasteiger partial charge in [-0.1, -0.05) is 72.4 Å². The van der Waals surface area contributed by atoms with Crippen molar-refractivity contribution < 1.29 is 19.1 Å². The molecule has 166 valence electrons. The Bertz CT molecular complexity index is 1320. The summed E-state index contributed by atoms with van der Waals surface area (Å²) in [6.07, 6.45) is 0. The molecule has 3 aromatic carbocycles. The molecular formula is C26H22N2O4S. The van der Waals surface area contributed by atoms with Crippen LogP contribution < -0.4 is 4.74 Å². The van der Waals surface area contributed by atoms with Crippen LogP contribution in [-0.4, -0.2) is 41.4 Å². The van der Waals surface area contributed by atoms with Gasteiger partial charge in [-0.25, -0.2) is 9.79 Å². The summed E-state index contributed by atoms with van der Waals surface area (Å²) in [4.78, 5) is 33.0. The minimum absolute atomic E-state index is 0.104. The van der Waals surface area contributed by atoms with Crippen molar-refractivity contribution in [2.75, 3.05) is 19.5 Å². The third-order valence-corrected chi connectivity index (χ3v) is 6.70. The molecule has 2 aliphatic rings. The number of carbonyl (C=O) groups excluding carboxylic acids is 2. The van der Waals surface area contributed by atoms with Crippen LogP contribution in [0.1, 0.15) is 24.1 Å². The van der Waals surface area contributed by atoms with Crippen LogP contribution in [0.3, 0.4) is 0 Å². The highest BCUT2D eigenvalue weighted by atomic mass is 32.2. The third-order valence-electron chi connectivity index (χ3n) is 5.76. The Hall–Kier alpha value is -3.58. The number of fused-ring (bicyclic) bond motifs is 2. The van der Waals surface area contributed by atoms with Crippen molar-refractivity contribution in [3.8, 4) is 5.75 Å². The second-order valence-corrected chi connectivity index (χ2v) is 8.54. The topological polar surface area (TPSA) is 68.2 Å². The van der Waals surface area contributed by atoms with E-state index in [1.165, 1.54) is 11.8 Å². The predicted octanol–water partition coefficient (Wildman–Crippen LogP) is 4.81. The van der Waals surface area contributed by atoms with Crippen molar-refractivity contribution >= 4 is 45.3 Å². The van der Waals surface area contributed by atoms with E-state index in [9.17, 15) is 9.59 Å². The maximum atomic E-state index is 13.5. The van der Waals surface area contributed by atoms with Crippen molar-refractivity contribution in [3.05, 3.63) is 83.4 Å². The lowest BCUT2D eigenvalue weighted by atomic mass is 9.88. The van der Waals surface area contributed by atoms with Gasteiger partial charge in [-0.3, -0.25) is 9.69 Å². The van der Waals surface area contributed by atoms with Gasteiger partial charge in [0.25, 0.3) is 0 Å². The van der Waals surface area contributed by atoms with Gasteiger partial charge >= 0.3 is 5.97 Å². The molecule has 0 radical (unpaired) electrons. The molecule has 1 amide bonds. The van der Waals surface area contributed by atoms with Crippen LogP contribution in [0, 0.1) is 0 Å². The minimum Gasteiger partial charge on any atom is -0.496 e. The molecule has 0 aliphatic carbocycles. The Kier molecular flexibility index (Phi) is 5.64. The quantitative estimate of drug-likeness (QED) is 0.514. The zero-order chi connectivity index (χ0) is 22.9. The first-order valence-electron chi connectivity index (χ1n) is 10.7. The number of aliphatic imine (C=N–C) groups is 1. The first kappa shape index (κ1) is 21.3. The number of ether oxygens (including phenoxy) is 2. The number of thioether (sulfide) groups is 1. The molecule has 0 unspecified atom stereocenters. The van der Waals surface area contributed by atoms with E-state index in [1.54, 1.807) is 18.9 Å². The maximum absolute atomic E-state index is 13.5. The van der Waals surface area contributed by atoms with Gasteiger partial charge < -0.3 is 9.47 Å². The van der Waals surface area contributed by atoms with Gasteiger partial charge in [0.2, 0.25) is 5.91 Å². The molecule has 1 atom stereocenters. The molecule has 1 saturated heterocycles. The van der Waals surface area contributed by atoms with Gasteiger partial charge in [0.1, 0.15) is 11.8 Å². The molecular weight excluding hydrogens is 436 g/mol. The number of hydrogen-bond donors (Lipinski definition) is 0. The fourth-order valence-electron chi connectivity index (χ4n) is 4.37. The van der Waals surface area contributed by atoms with Gasteiger partial charge in [-0.05, 0) is 23.8 Å². The molecule has 0 N–H and O–H groups in total. The largest absolute Gasteiger partial charge is 0.496 e. The number of hydrogen-bond acceptors (Lipinski definition) is 6. The van der Waals surface area contributed by atoms with Crippen LogP contribution in [0.4, 0.5) is 0 Å². The van der Waals surface area contributed by atoms with Gasteiger partial charge in [0, 0.05) is 11.1 Å².